The van der Waals surface area contributed by atoms with Crippen molar-refractivity contribution in [3.8, 4) is 0 Å². The average molecular weight is 253 g/mol. The first kappa shape index (κ1) is 13.0. The molecule has 96 valence electrons. The summed E-state index contributed by atoms with van der Waals surface area (Å²) in [6.45, 7) is 7.97. The summed E-state index contributed by atoms with van der Waals surface area (Å²) in [6, 6.07) is 0.571. The number of likely N-dealkylation sites (tertiary alicyclic amines) is 1. The molecular formula is C13H23N3S. The van der Waals surface area contributed by atoms with Gasteiger partial charge in [0.1, 0.15) is 0 Å². The third-order valence-corrected chi connectivity index (χ3v) is 4.38. The summed E-state index contributed by atoms with van der Waals surface area (Å²) in [7, 11) is 0. The standard InChI is InChI=1S/C13H23N3S/c1-13(2,3)16-7-5-4-6-10(14)12(16)11-8-15-9-17-11/h8-10,12H,4-7,14H2,1-3H3. The summed E-state index contributed by atoms with van der Waals surface area (Å²) >= 11 is 1.73. The maximum atomic E-state index is 6.39. The van der Waals surface area contributed by atoms with Gasteiger partial charge >= 0.3 is 0 Å². The van der Waals surface area contributed by atoms with Crippen molar-refractivity contribution in [2.45, 2.75) is 57.7 Å². The molecule has 2 atom stereocenters. The number of nitrogens with zero attached hydrogens (tertiary/aromatic N) is 2. The van der Waals surface area contributed by atoms with Crippen molar-refractivity contribution >= 4 is 11.3 Å². The zero-order valence-corrected chi connectivity index (χ0v) is 11.8. The molecule has 17 heavy (non-hydrogen) atoms. The highest BCUT2D eigenvalue weighted by molar-refractivity contribution is 7.09. The maximum absolute atomic E-state index is 6.39. The average Bonchev–Trinajstić information content (AvgIpc) is 2.67. The summed E-state index contributed by atoms with van der Waals surface area (Å²) in [6.07, 6.45) is 5.59. The topological polar surface area (TPSA) is 42.1 Å². The summed E-state index contributed by atoms with van der Waals surface area (Å²) in [5.41, 5.74) is 8.47. The minimum atomic E-state index is 0.163. The highest BCUT2D eigenvalue weighted by atomic mass is 32.1. The third kappa shape index (κ3) is 2.87. The molecule has 1 fully saturated rings. The second kappa shape index (κ2) is 5.04. The van der Waals surface area contributed by atoms with Gasteiger partial charge < -0.3 is 5.73 Å². The number of thiazole rings is 1. The Morgan fingerprint density at radius 3 is 2.76 bits per heavy atom. The minimum Gasteiger partial charge on any atom is -0.326 e. The first-order valence-electron chi connectivity index (χ1n) is 6.41. The van der Waals surface area contributed by atoms with Crippen LogP contribution in [0.5, 0.6) is 0 Å². The van der Waals surface area contributed by atoms with Crippen LogP contribution in [0.2, 0.25) is 0 Å². The van der Waals surface area contributed by atoms with Crippen molar-refractivity contribution in [1.82, 2.24) is 9.88 Å². The molecule has 0 aromatic carbocycles. The van der Waals surface area contributed by atoms with Crippen LogP contribution in [0.4, 0.5) is 0 Å². The fourth-order valence-corrected chi connectivity index (χ4v) is 3.49. The SMILES string of the molecule is CC(C)(C)N1CCCCC(N)C1c1cncs1. The predicted molar refractivity (Wildman–Crippen MR) is 73.1 cm³/mol. The quantitative estimate of drug-likeness (QED) is 0.837. The van der Waals surface area contributed by atoms with E-state index >= 15 is 0 Å². The van der Waals surface area contributed by atoms with E-state index in [-0.39, 0.29) is 11.6 Å². The zero-order chi connectivity index (χ0) is 12.5. The molecule has 2 rings (SSSR count). The maximum Gasteiger partial charge on any atom is 0.0794 e. The van der Waals surface area contributed by atoms with Gasteiger partial charge in [-0.25, -0.2) is 0 Å². The molecular weight excluding hydrogens is 230 g/mol. The Morgan fingerprint density at radius 2 is 2.18 bits per heavy atom. The van der Waals surface area contributed by atoms with E-state index in [1.165, 1.54) is 17.7 Å². The third-order valence-electron chi connectivity index (χ3n) is 3.53. The first-order valence-corrected chi connectivity index (χ1v) is 7.29. The molecule has 2 heterocycles. The number of rotatable bonds is 1. The number of hydrogen-bond donors (Lipinski definition) is 1. The second-order valence-electron chi connectivity index (χ2n) is 5.87. The molecule has 2 N–H and O–H groups in total. The van der Waals surface area contributed by atoms with Gasteiger partial charge in [-0.1, -0.05) is 6.42 Å². The van der Waals surface area contributed by atoms with Crippen LogP contribution in [-0.4, -0.2) is 28.0 Å². The highest BCUT2D eigenvalue weighted by Gasteiger charge is 2.35. The van der Waals surface area contributed by atoms with E-state index in [1.807, 2.05) is 11.7 Å². The largest absolute Gasteiger partial charge is 0.326 e. The Bertz CT molecular complexity index is 342. The van der Waals surface area contributed by atoms with Gasteiger partial charge in [-0.3, -0.25) is 9.88 Å². The fourth-order valence-electron chi connectivity index (χ4n) is 2.68. The lowest BCUT2D eigenvalue weighted by molar-refractivity contribution is 0.0773. The smallest absolute Gasteiger partial charge is 0.0794 e. The molecule has 4 heteroatoms. The molecule has 1 saturated heterocycles. The van der Waals surface area contributed by atoms with E-state index in [0.717, 1.165) is 13.0 Å². The lowest BCUT2D eigenvalue weighted by Crippen LogP contribution is -2.48. The van der Waals surface area contributed by atoms with Crippen LogP contribution in [0.1, 0.15) is 51.0 Å². The number of nitrogens with two attached hydrogens (primary N) is 1. The van der Waals surface area contributed by atoms with Crippen LogP contribution in [0.3, 0.4) is 0 Å². The normalized spacial score (nSPS) is 28.0. The Morgan fingerprint density at radius 1 is 1.41 bits per heavy atom. The molecule has 0 aliphatic carbocycles. The Hall–Kier alpha value is -0.450. The lowest BCUT2D eigenvalue weighted by Gasteiger charge is -2.42. The van der Waals surface area contributed by atoms with Crippen molar-refractivity contribution in [3.05, 3.63) is 16.6 Å². The van der Waals surface area contributed by atoms with Crippen LogP contribution < -0.4 is 5.73 Å². The Labute approximate surface area is 108 Å². The van der Waals surface area contributed by atoms with Crippen molar-refractivity contribution in [2.75, 3.05) is 6.54 Å². The molecule has 1 aromatic heterocycles. The van der Waals surface area contributed by atoms with E-state index in [4.69, 9.17) is 5.73 Å². The van der Waals surface area contributed by atoms with Crippen LogP contribution in [-0.2, 0) is 0 Å². The molecule has 3 nitrogen and oxygen atoms in total. The summed E-state index contributed by atoms with van der Waals surface area (Å²) < 4.78 is 0. The molecule has 0 spiro atoms. The van der Waals surface area contributed by atoms with Gasteiger partial charge in [0.25, 0.3) is 0 Å². The minimum absolute atomic E-state index is 0.163. The van der Waals surface area contributed by atoms with Gasteiger partial charge in [-0.15, -0.1) is 11.3 Å². The van der Waals surface area contributed by atoms with Crippen molar-refractivity contribution in [2.24, 2.45) is 5.73 Å². The van der Waals surface area contributed by atoms with Crippen molar-refractivity contribution in [1.29, 1.82) is 0 Å². The van der Waals surface area contributed by atoms with Crippen LogP contribution >= 0.6 is 11.3 Å². The van der Waals surface area contributed by atoms with E-state index in [1.54, 1.807) is 11.3 Å². The van der Waals surface area contributed by atoms with E-state index in [0.29, 0.717) is 6.04 Å². The van der Waals surface area contributed by atoms with Gasteiger partial charge in [-0.2, -0.15) is 0 Å². The first-order chi connectivity index (χ1) is 8.00. The molecule has 0 saturated carbocycles. The Kier molecular flexibility index (Phi) is 3.85. The molecule has 1 aliphatic heterocycles. The lowest BCUT2D eigenvalue weighted by atomic mass is 9.97. The summed E-state index contributed by atoms with van der Waals surface area (Å²) in [4.78, 5) is 8.08. The van der Waals surface area contributed by atoms with E-state index in [9.17, 15) is 0 Å². The van der Waals surface area contributed by atoms with Crippen LogP contribution in [0, 0.1) is 0 Å². The van der Waals surface area contributed by atoms with Crippen molar-refractivity contribution in [3.63, 3.8) is 0 Å². The molecule has 2 unspecified atom stereocenters. The van der Waals surface area contributed by atoms with Crippen molar-refractivity contribution < 1.29 is 0 Å². The predicted octanol–water partition coefficient (Wildman–Crippen LogP) is 2.80. The molecule has 0 bridgehead atoms. The number of hydrogen-bond acceptors (Lipinski definition) is 4. The highest BCUT2D eigenvalue weighted by Crippen LogP contribution is 2.35. The van der Waals surface area contributed by atoms with Gasteiger partial charge in [-0.05, 0) is 40.2 Å². The van der Waals surface area contributed by atoms with E-state index < -0.39 is 0 Å². The molecule has 1 aromatic rings. The van der Waals surface area contributed by atoms with Gasteiger partial charge in [0.15, 0.2) is 0 Å². The molecule has 0 radical (unpaired) electrons. The monoisotopic (exact) mass is 253 g/mol. The summed E-state index contributed by atoms with van der Waals surface area (Å²) in [5.74, 6) is 0. The number of aromatic nitrogens is 1. The Balaban J connectivity index is 2.32. The van der Waals surface area contributed by atoms with Gasteiger partial charge in [0.2, 0.25) is 0 Å². The van der Waals surface area contributed by atoms with Crippen LogP contribution in [0.25, 0.3) is 0 Å². The van der Waals surface area contributed by atoms with Crippen LogP contribution in [0.15, 0.2) is 11.7 Å². The fraction of sp³-hybridized carbons (Fsp3) is 0.769. The molecule has 1 aliphatic rings. The molecule has 0 amide bonds. The zero-order valence-electron chi connectivity index (χ0n) is 11.0. The van der Waals surface area contributed by atoms with E-state index in [2.05, 4.69) is 30.7 Å². The summed E-state index contributed by atoms with van der Waals surface area (Å²) in [5, 5.41) is 0. The van der Waals surface area contributed by atoms with Gasteiger partial charge in [0.05, 0.1) is 11.6 Å². The second-order valence-corrected chi connectivity index (χ2v) is 6.79. The van der Waals surface area contributed by atoms with Gasteiger partial charge in [0, 0.05) is 22.7 Å².